The lowest BCUT2D eigenvalue weighted by Gasteiger charge is -2.10. The summed E-state index contributed by atoms with van der Waals surface area (Å²) in [7, 11) is -2.10. The van der Waals surface area contributed by atoms with E-state index in [1.807, 2.05) is 25.1 Å². The number of nitrogens with one attached hydrogen (secondary N) is 3. The number of sulfonamides is 1. The minimum atomic E-state index is -3.47. The van der Waals surface area contributed by atoms with E-state index < -0.39 is 10.0 Å². The molecule has 1 heterocycles. The molecule has 0 unspecified atom stereocenters. The van der Waals surface area contributed by atoms with Crippen LogP contribution in [0.3, 0.4) is 0 Å². The van der Waals surface area contributed by atoms with E-state index in [0.717, 1.165) is 21.0 Å². The van der Waals surface area contributed by atoms with Gasteiger partial charge in [-0.05, 0) is 50.4 Å². The van der Waals surface area contributed by atoms with E-state index >= 15 is 0 Å². The summed E-state index contributed by atoms with van der Waals surface area (Å²) in [6.45, 7) is 2.28. The number of carbonyl (C=O) groups excluding carboxylic acids is 1. The van der Waals surface area contributed by atoms with Crippen molar-refractivity contribution < 1.29 is 13.2 Å². The number of aromatic amines is 1. The molecule has 1 amide bonds. The van der Waals surface area contributed by atoms with Gasteiger partial charge < -0.3 is 5.32 Å². The van der Waals surface area contributed by atoms with Crippen LogP contribution in [0.15, 0.2) is 69.4 Å². The molecule has 0 atom stereocenters. The number of hydrogen-bond acceptors (Lipinski definition) is 5. The molecule has 2 aromatic carbocycles. The maximum absolute atomic E-state index is 12.6. The van der Waals surface area contributed by atoms with E-state index in [4.69, 9.17) is 0 Å². The third-order valence-electron chi connectivity index (χ3n) is 4.14. The summed E-state index contributed by atoms with van der Waals surface area (Å²) in [5, 5.41) is 9.70. The Morgan fingerprint density at radius 3 is 2.50 bits per heavy atom. The average Bonchev–Trinajstić information content (AvgIpc) is 3.12. The van der Waals surface area contributed by atoms with Crippen LogP contribution >= 0.6 is 11.8 Å². The molecule has 0 radical (unpaired) electrons. The number of nitrogens with zero attached hydrogens (tertiary/aromatic N) is 1. The Balaban J connectivity index is 1.75. The minimum absolute atomic E-state index is 0.182. The van der Waals surface area contributed by atoms with Crippen LogP contribution in [-0.4, -0.2) is 31.6 Å². The molecule has 1 aromatic heterocycles. The quantitative estimate of drug-likeness (QED) is 0.549. The molecule has 3 aromatic rings. The van der Waals surface area contributed by atoms with E-state index in [1.54, 1.807) is 36.5 Å². The number of aryl methyl sites for hydroxylation is 1. The number of rotatable bonds is 7. The normalized spacial score (nSPS) is 11.4. The standard InChI is InChI=1S/C19H20N4O3S2/c1-13-14(12-22-23-13)11-21-19(24)17-5-3-4-6-18(17)27-15-7-9-16(10-8-15)28(25,26)20-2/h3-10,12,20H,11H2,1-2H3,(H,21,24)(H,22,23). The molecule has 3 N–H and O–H groups in total. The topological polar surface area (TPSA) is 104 Å². The first-order valence-electron chi connectivity index (χ1n) is 8.48. The number of hydrogen-bond donors (Lipinski definition) is 3. The van der Waals surface area contributed by atoms with Gasteiger partial charge in [0, 0.05) is 27.6 Å². The Labute approximate surface area is 168 Å². The third-order valence-corrected chi connectivity index (χ3v) is 6.65. The highest BCUT2D eigenvalue weighted by atomic mass is 32.2. The predicted octanol–water partition coefficient (Wildman–Crippen LogP) is 2.71. The largest absolute Gasteiger partial charge is 0.348 e. The van der Waals surface area contributed by atoms with Crippen molar-refractivity contribution in [1.29, 1.82) is 0 Å². The number of H-pyrrole nitrogens is 1. The highest BCUT2D eigenvalue weighted by Gasteiger charge is 2.14. The first-order chi connectivity index (χ1) is 13.4. The molecule has 0 aliphatic carbocycles. The van der Waals surface area contributed by atoms with Crippen LogP contribution in [0.1, 0.15) is 21.6 Å². The molecule has 0 aliphatic heterocycles. The van der Waals surface area contributed by atoms with Crippen LogP contribution < -0.4 is 10.0 Å². The first-order valence-corrected chi connectivity index (χ1v) is 10.8. The van der Waals surface area contributed by atoms with Gasteiger partial charge in [-0.25, -0.2) is 13.1 Å². The van der Waals surface area contributed by atoms with E-state index in [1.165, 1.54) is 18.8 Å². The zero-order chi connectivity index (χ0) is 20.1. The number of aromatic nitrogens is 2. The molecule has 0 aliphatic rings. The smallest absolute Gasteiger partial charge is 0.252 e. The predicted molar refractivity (Wildman–Crippen MR) is 108 cm³/mol. The van der Waals surface area contributed by atoms with Gasteiger partial charge in [-0.1, -0.05) is 23.9 Å². The van der Waals surface area contributed by atoms with E-state index in [2.05, 4.69) is 20.2 Å². The van der Waals surface area contributed by atoms with Gasteiger partial charge in [0.2, 0.25) is 10.0 Å². The van der Waals surface area contributed by atoms with Gasteiger partial charge >= 0.3 is 0 Å². The van der Waals surface area contributed by atoms with Gasteiger partial charge in [-0.15, -0.1) is 0 Å². The van der Waals surface area contributed by atoms with Gasteiger partial charge in [-0.3, -0.25) is 9.89 Å². The SMILES string of the molecule is CNS(=O)(=O)c1ccc(Sc2ccccc2C(=O)NCc2cn[nH]c2C)cc1. The van der Waals surface area contributed by atoms with Crippen molar-refractivity contribution >= 4 is 27.7 Å². The monoisotopic (exact) mass is 416 g/mol. The Morgan fingerprint density at radius 2 is 1.86 bits per heavy atom. The first kappa shape index (κ1) is 20.1. The van der Waals surface area contributed by atoms with Crippen LogP contribution in [0, 0.1) is 6.92 Å². The van der Waals surface area contributed by atoms with E-state index in [-0.39, 0.29) is 10.8 Å². The van der Waals surface area contributed by atoms with Gasteiger partial charge in [0.25, 0.3) is 5.91 Å². The van der Waals surface area contributed by atoms with Crippen molar-refractivity contribution in [2.45, 2.75) is 28.2 Å². The molecular formula is C19H20N4O3S2. The summed E-state index contributed by atoms with van der Waals surface area (Å²) in [6.07, 6.45) is 1.69. The summed E-state index contributed by atoms with van der Waals surface area (Å²) < 4.78 is 25.9. The molecule has 0 spiro atoms. The Kier molecular flexibility index (Phi) is 6.18. The molecule has 3 rings (SSSR count). The summed E-state index contributed by atoms with van der Waals surface area (Å²) in [4.78, 5) is 14.5. The van der Waals surface area contributed by atoms with Gasteiger partial charge in [-0.2, -0.15) is 5.10 Å². The van der Waals surface area contributed by atoms with Crippen molar-refractivity contribution in [3.05, 3.63) is 71.5 Å². The van der Waals surface area contributed by atoms with Crippen molar-refractivity contribution in [1.82, 2.24) is 20.2 Å². The minimum Gasteiger partial charge on any atom is -0.348 e. The van der Waals surface area contributed by atoms with Crippen molar-refractivity contribution in [2.75, 3.05) is 7.05 Å². The van der Waals surface area contributed by atoms with Crippen LogP contribution in [0.2, 0.25) is 0 Å². The van der Waals surface area contributed by atoms with Gasteiger partial charge in [0.05, 0.1) is 16.7 Å². The van der Waals surface area contributed by atoms with Crippen molar-refractivity contribution in [3.8, 4) is 0 Å². The summed E-state index contributed by atoms with van der Waals surface area (Å²) in [5.41, 5.74) is 2.40. The second kappa shape index (κ2) is 8.59. The molecule has 9 heteroatoms. The highest BCUT2D eigenvalue weighted by Crippen LogP contribution is 2.31. The fourth-order valence-corrected chi connectivity index (χ4v) is 4.17. The zero-order valence-electron chi connectivity index (χ0n) is 15.4. The molecule has 0 saturated heterocycles. The average molecular weight is 417 g/mol. The van der Waals surface area contributed by atoms with Crippen molar-refractivity contribution in [2.24, 2.45) is 0 Å². The maximum Gasteiger partial charge on any atom is 0.252 e. The molecule has 146 valence electrons. The molecule has 0 bridgehead atoms. The second-order valence-corrected chi connectivity index (χ2v) is 8.98. The Hall–Kier alpha value is -2.62. The Bertz CT molecular complexity index is 1080. The summed E-state index contributed by atoms with van der Waals surface area (Å²) >= 11 is 1.40. The van der Waals surface area contributed by atoms with E-state index in [0.29, 0.717) is 12.1 Å². The molecule has 0 saturated carbocycles. The van der Waals surface area contributed by atoms with Gasteiger partial charge in [0.1, 0.15) is 0 Å². The lowest BCUT2D eigenvalue weighted by molar-refractivity contribution is 0.0948. The highest BCUT2D eigenvalue weighted by molar-refractivity contribution is 7.99. The van der Waals surface area contributed by atoms with Crippen LogP contribution in [-0.2, 0) is 16.6 Å². The molecule has 0 fully saturated rings. The maximum atomic E-state index is 12.6. The van der Waals surface area contributed by atoms with E-state index in [9.17, 15) is 13.2 Å². The number of carbonyl (C=O) groups is 1. The third kappa shape index (κ3) is 4.61. The molecular weight excluding hydrogens is 396 g/mol. The van der Waals surface area contributed by atoms with Crippen molar-refractivity contribution in [3.63, 3.8) is 0 Å². The summed E-state index contributed by atoms with van der Waals surface area (Å²) in [6, 6.07) is 13.8. The lowest BCUT2D eigenvalue weighted by atomic mass is 10.2. The fourth-order valence-electron chi connectivity index (χ4n) is 2.50. The van der Waals surface area contributed by atoms with Crippen LogP contribution in [0.25, 0.3) is 0 Å². The number of amides is 1. The molecule has 7 nitrogen and oxygen atoms in total. The van der Waals surface area contributed by atoms with Gasteiger partial charge in [0.15, 0.2) is 0 Å². The zero-order valence-corrected chi connectivity index (χ0v) is 17.0. The lowest BCUT2D eigenvalue weighted by Crippen LogP contribution is -2.23. The Morgan fingerprint density at radius 1 is 1.14 bits per heavy atom. The second-order valence-electron chi connectivity index (χ2n) is 5.98. The summed E-state index contributed by atoms with van der Waals surface area (Å²) in [5.74, 6) is -0.182. The molecule has 28 heavy (non-hydrogen) atoms. The van der Waals surface area contributed by atoms with Crippen LogP contribution in [0.5, 0.6) is 0 Å². The number of benzene rings is 2. The van der Waals surface area contributed by atoms with Crippen LogP contribution in [0.4, 0.5) is 0 Å². The fraction of sp³-hybridized carbons (Fsp3) is 0.158.